The van der Waals surface area contributed by atoms with E-state index in [2.05, 4.69) is 21.2 Å². The molecular formula is C15H14BrClN2O2. The molecule has 0 fully saturated rings. The highest BCUT2D eigenvalue weighted by Gasteiger charge is 2.10. The minimum Gasteiger partial charge on any atom is -0.482 e. The summed E-state index contributed by atoms with van der Waals surface area (Å²) in [6.45, 7) is 0.229. The molecule has 3 N–H and O–H groups in total. The minimum atomic E-state index is -0.268. The number of ether oxygens (including phenoxy) is 1. The predicted octanol–water partition coefficient (Wildman–Crippen LogP) is 3.58. The van der Waals surface area contributed by atoms with Gasteiger partial charge >= 0.3 is 0 Å². The summed E-state index contributed by atoms with van der Waals surface area (Å²) in [5.41, 5.74) is 7.11. The van der Waals surface area contributed by atoms with E-state index < -0.39 is 0 Å². The Hall–Kier alpha value is -1.56. The van der Waals surface area contributed by atoms with Crippen LogP contribution in [0, 0.1) is 0 Å². The molecule has 6 heteroatoms. The zero-order chi connectivity index (χ0) is 15.2. The summed E-state index contributed by atoms with van der Waals surface area (Å²) >= 11 is 9.24. The second kappa shape index (κ2) is 7.45. The van der Waals surface area contributed by atoms with Crippen molar-refractivity contribution in [2.75, 3.05) is 11.9 Å². The molecule has 0 heterocycles. The maximum absolute atomic E-state index is 11.9. The van der Waals surface area contributed by atoms with Crippen LogP contribution in [0.2, 0.25) is 5.02 Å². The number of nitrogens with one attached hydrogen (secondary N) is 1. The highest BCUT2D eigenvalue weighted by molar-refractivity contribution is 9.10. The Morgan fingerprint density at radius 3 is 2.76 bits per heavy atom. The molecule has 2 rings (SSSR count). The van der Waals surface area contributed by atoms with E-state index in [1.165, 1.54) is 0 Å². The van der Waals surface area contributed by atoms with Gasteiger partial charge in [-0.05, 0) is 40.2 Å². The fourth-order valence-corrected chi connectivity index (χ4v) is 2.49. The molecule has 21 heavy (non-hydrogen) atoms. The normalized spacial score (nSPS) is 10.2. The Labute approximate surface area is 136 Å². The average Bonchev–Trinajstić information content (AvgIpc) is 2.45. The molecule has 0 aromatic heterocycles. The van der Waals surface area contributed by atoms with Crippen molar-refractivity contribution in [2.24, 2.45) is 5.73 Å². The van der Waals surface area contributed by atoms with Gasteiger partial charge < -0.3 is 15.8 Å². The van der Waals surface area contributed by atoms with E-state index >= 15 is 0 Å². The maximum Gasteiger partial charge on any atom is 0.262 e. The first-order chi connectivity index (χ1) is 10.1. The average molecular weight is 370 g/mol. The summed E-state index contributed by atoms with van der Waals surface area (Å²) in [6, 6.07) is 12.5. The number of nitrogens with two attached hydrogens (primary N) is 1. The van der Waals surface area contributed by atoms with Gasteiger partial charge in [-0.2, -0.15) is 0 Å². The first kappa shape index (κ1) is 15.8. The number of carbonyl (C=O) groups excluding carboxylic acids is 1. The number of hydrogen-bond acceptors (Lipinski definition) is 3. The molecule has 0 aliphatic carbocycles. The summed E-state index contributed by atoms with van der Waals surface area (Å²) in [5, 5.41) is 3.28. The molecule has 2 aromatic rings. The maximum atomic E-state index is 11.9. The zero-order valence-corrected chi connectivity index (χ0v) is 13.4. The van der Waals surface area contributed by atoms with E-state index in [9.17, 15) is 4.79 Å². The van der Waals surface area contributed by atoms with Gasteiger partial charge in [-0.15, -0.1) is 0 Å². The Morgan fingerprint density at radius 1 is 1.29 bits per heavy atom. The summed E-state index contributed by atoms with van der Waals surface area (Å²) in [6.07, 6.45) is 0. The molecule has 0 radical (unpaired) electrons. The SMILES string of the molecule is NCc1cccc(Br)c1OCC(=O)Nc1cccc(Cl)c1. The molecular weight excluding hydrogens is 356 g/mol. The van der Waals surface area contributed by atoms with E-state index in [0.717, 1.165) is 10.0 Å². The molecule has 110 valence electrons. The van der Waals surface area contributed by atoms with Crippen molar-refractivity contribution in [3.63, 3.8) is 0 Å². The second-order valence-electron chi connectivity index (χ2n) is 4.28. The molecule has 1 amide bonds. The van der Waals surface area contributed by atoms with Gasteiger partial charge in [0.15, 0.2) is 6.61 Å². The number of hydrogen-bond donors (Lipinski definition) is 2. The lowest BCUT2D eigenvalue weighted by Crippen LogP contribution is -2.20. The van der Waals surface area contributed by atoms with Gasteiger partial charge in [0.05, 0.1) is 4.47 Å². The number of halogens is 2. The molecule has 4 nitrogen and oxygen atoms in total. The molecule has 0 saturated carbocycles. The molecule has 0 unspecified atom stereocenters. The molecule has 0 aliphatic heterocycles. The highest BCUT2D eigenvalue weighted by Crippen LogP contribution is 2.28. The number of amides is 1. The Morgan fingerprint density at radius 2 is 2.05 bits per heavy atom. The molecule has 0 bridgehead atoms. The number of benzene rings is 2. The first-order valence-electron chi connectivity index (χ1n) is 6.26. The van der Waals surface area contributed by atoms with Crippen molar-refractivity contribution < 1.29 is 9.53 Å². The summed E-state index contributed by atoms with van der Waals surface area (Å²) in [4.78, 5) is 11.9. The van der Waals surface area contributed by atoms with Gasteiger partial charge in [-0.25, -0.2) is 0 Å². The number of anilines is 1. The van der Waals surface area contributed by atoms with Crippen LogP contribution in [0.4, 0.5) is 5.69 Å². The second-order valence-corrected chi connectivity index (χ2v) is 5.57. The third-order valence-electron chi connectivity index (χ3n) is 2.72. The Bertz CT molecular complexity index is 649. The molecule has 0 atom stereocenters. The van der Waals surface area contributed by atoms with Crippen LogP contribution < -0.4 is 15.8 Å². The van der Waals surface area contributed by atoms with Crippen molar-refractivity contribution in [1.29, 1.82) is 0 Å². The van der Waals surface area contributed by atoms with E-state index in [1.807, 2.05) is 18.2 Å². The van der Waals surface area contributed by atoms with Crippen LogP contribution in [0.25, 0.3) is 0 Å². The van der Waals surface area contributed by atoms with Crippen LogP contribution in [0.3, 0.4) is 0 Å². The topological polar surface area (TPSA) is 64.3 Å². The fraction of sp³-hybridized carbons (Fsp3) is 0.133. The Kier molecular flexibility index (Phi) is 5.61. The minimum absolute atomic E-state index is 0.109. The number of rotatable bonds is 5. The van der Waals surface area contributed by atoms with Crippen LogP contribution in [0.15, 0.2) is 46.9 Å². The lowest BCUT2D eigenvalue weighted by atomic mass is 10.2. The smallest absolute Gasteiger partial charge is 0.262 e. The van der Waals surface area contributed by atoms with E-state index in [4.69, 9.17) is 22.1 Å². The Balaban J connectivity index is 1.99. The molecule has 2 aromatic carbocycles. The van der Waals surface area contributed by atoms with Crippen molar-refractivity contribution in [3.8, 4) is 5.75 Å². The third kappa shape index (κ3) is 4.46. The quantitative estimate of drug-likeness (QED) is 0.846. The van der Waals surface area contributed by atoms with Crippen molar-refractivity contribution in [1.82, 2.24) is 0 Å². The van der Waals surface area contributed by atoms with Crippen LogP contribution in [0.1, 0.15) is 5.56 Å². The van der Waals surface area contributed by atoms with E-state index in [0.29, 0.717) is 23.0 Å². The lowest BCUT2D eigenvalue weighted by Gasteiger charge is -2.12. The monoisotopic (exact) mass is 368 g/mol. The van der Waals surface area contributed by atoms with Crippen LogP contribution in [0.5, 0.6) is 5.75 Å². The van der Waals surface area contributed by atoms with Crippen molar-refractivity contribution in [2.45, 2.75) is 6.54 Å². The number of para-hydroxylation sites is 1. The summed E-state index contributed by atoms with van der Waals surface area (Å²) < 4.78 is 6.32. The largest absolute Gasteiger partial charge is 0.482 e. The van der Waals surface area contributed by atoms with E-state index in [1.54, 1.807) is 24.3 Å². The van der Waals surface area contributed by atoms with Crippen LogP contribution >= 0.6 is 27.5 Å². The molecule has 0 saturated heterocycles. The van der Waals surface area contributed by atoms with Crippen LogP contribution in [-0.4, -0.2) is 12.5 Å². The van der Waals surface area contributed by atoms with Gasteiger partial charge in [0, 0.05) is 22.8 Å². The van der Waals surface area contributed by atoms with Crippen molar-refractivity contribution >= 4 is 39.1 Å². The van der Waals surface area contributed by atoms with Gasteiger partial charge in [0.25, 0.3) is 5.91 Å². The summed E-state index contributed by atoms with van der Waals surface area (Å²) in [5.74, 6) is 0.317. The highest BCUT2D eigenvalue weighted by atomic mass is 79.9. The number of carbonyl (C=O) groups is 1. The van der Waals surface area contributed by atoms with Gasteiger partial charge in [0.2, 0.25) is 0 Å². The summed E-state index contributed by atoms with van der Waals surface area (Å²) in [7, 11) is 0. The standard InChI is InChI=1S/C15H14BrClN2O2/c16-13-6-1-3-10(8-18)15(13)21-9-14(20)19-12-5-2-4-11(17)7-12/h1-7H,8-9,18H2,(H,19,20). The van der Waals surface area contributed by atoms with Crippen LogP contribution in [-0.2, 0) is 11.3 Å². The molecule has 0 aliphatic rings. The van der Waals surface area contributed by atoms with E-state index in [-0.39, 0.29) is 12.5 Å². The lowest BCUT2D eigenvalue weighted by molar-refractivity contribution is -0.118. The van der Waals surface area contributed by atoms with Gasteiger partial charge in [-0.3, -0.25) is 4.79 Å². The zero-order valence-electron chi connectivity index (χ0n) is 11.1. The molecule has 0 spiro atoms. The fourth-order valence-electron chi connectivity index (χ4n) is 1.78. The van der Waals surface area contributed by atoms with Gasteiger partial charge in [0.1, 0.15) is 5.75 Å². The van der Waals surface area contributed by atoms with Gasteiger partial charge in [-0.1, -0.05) is 29.8 Å². The van der Waals surface area contributed by atoms with Crippen molar-refractivity contribution in [3.05, 3.63) is 57.5 Å². The first-order valence-corrected chi connectivity index (χ1v) is 7.43. The third-order valence-corrected chi connectivity index (χ3v) is 3.58. The predicted molar refractivity (Wildman–Crippen MR) is 87.6 cm³/mol.